The Kier molecular flexibility index (Phi) is 12.1. The normalized spacial score (nSPS) is 7.89. The summed E-state index contributed by atoms with van der Waals surface area (Å²) < 4.78 is 0. The van der Waals surface area contributed by atoms with Crippen LogP contribution in [0.2, 0.25) is 14.8 Å². The molecule has 9 heavy (non-hydrogen) atoms. The molecule has 0 aromatic heterocycles. The van der Waals surface area contributed by atoms with Crippen LogP contribution < -0.4 is 0 Å². The second-order valence-corrected chi connectivity index (χ2v) is 11.8. The molecule has 0 bridgehead atoms. The minimum atomic E-state index is -0.543. The van der Waals surface area contributed by atoms with E-state index in [0.29, 0.717) is 0 Å². The van der Waals surface area contributed by atoms with Gasteiger partial charge in [-0.2, -0.15) is 0 Å². The van der Waals surface area contributed by atoms with Gasteiger partial charge in [-0.05, 0) is 13.8 Å². The predicted molar refractivity (Wildman–Crippen MR) is 51.3 cm³/mol. The van der Waals surface area contributed by atoms with Gasteiger partial charge in [-0.25, -0.2) is 0 Å². The van der Waals surface area contributed by atoms with Crippen LogP contribution in [-0.2, 0) is 0 Å². The van der Waals surface area contributed by atoms with Gasteiger partial charge >= 0.3 is 34.6 Å². The topological polar surface area (TPSA) is 0 Å². The Labute approximate surface area is 69.9 Å². The van der Waals surface area contributed by atoms with Gasteiger partial charge in [0.2, 0.25) is 0 Å². The number of hydrogen-bond acceptors (Lipinski definition) is 0. The molecule has 0 saturated carbocycles. The maximum atomic E-state index is 2.36. The molecular weight excluding hydrogens is 231 g/mol. The van der Waals surface area contributed by atoms with E-state index in [-0.39, 0.29) is 0 Å². The van der Waals surface area contributed by atoms with Gasteiger partial charge in [0.05, 0.1) is 0 Å². The predicted octanol–water partition coefficient (Wildman–Crippen LogP) is 1.91. The summed E-state index contributed by atoms with van der Waals surface area (Å²) in [5, 5.41) is 0. The van der Waals surface area contributed by atoms with Crippen molar-refractivity contribution in [3.8, 4) is 0 Å². The molecule has 0 aliphatic heterocycles. The maximum absolute atomic E-state index is 2.36. The van der Waals surface area contributed by atoms with Crippen LogP contribution in [0, 0.1) is 0 Å². The number of rotatable bonds is 0. The fourth-order valence-corrected chi connectivity index (χ4v) is 0. The van der Waals surface area contributed by atoms with Crippen molar-refractivity contribution < 1.29 is 0 Å². The van der Waals surface area contributed by atoms with Crippen LogP contribution >= 0.6 is 0 Å². The zero-order valence-corrected chi connectivity index (χ0v) is 11.6. The first kappa shape index (κ1) is 12.4. The van der Waals surface area contributed by atoms with E-state index in [1.54, 1.807) is 0 Å². The molecule has 0 nitrogen and oxygen atoms in total. The van der Waals surface area contributed by atoms with E-state index in [0.717, 1.165) is 0 Å². The van der Waals surface area contributed by atoms with E-state index in [1.807, 2.05) is 10.2 Å². The molecule has 0 aliphatic carbocycles. The van der Waals surface area contributed by atoms with E-state index in [4.69, 9.17) is 0 Å². The van der Waals surface area contributed by atoms with Crippen molar-refractivity contribution in [1.29, 1.82) is 0 Å². The van der Waals surface area contributed by atoms with Gasteiger partial charge in [0.1, 0.15) is 0 Å². The minimum absolute atomic E-state index is 0.543. The summed E-state index contributed by atoms with van der Waals surface area (Å²) in [6.45, 7) is 4.18. The molecule has 0 amide bonds. The fourth-order valence-electron chi connectivity index (χ4n) is 0. The Morgan fingerprint density at radius 3 is 1.33 bits per heavy atom. The molecule has 0 rings (SSSR count). The molecule has 0 heterocycles. The Hall–Kier alpha value is 0.756. The molecule has 0 fully saturated rings. The average Bonchev–Trinajstić information content (AvgIpc) is 1.65. The van der Waals surface area contributed by atoms with Crippen LogP contribution in [0.5, 0.6) is 0 Å². The summed E-state index contributed by atoms with van der Waals surface area (Å²) in [5.74, 6) is 0. The first-order valence-corrected chi connectivity index (χ1v) is 12.6. The average molecular weight is 249 g/mol. The SMILES string of the molecule is CC(C)=C[SiH2].[CH3][Sn]([CH3])[CH3]. The van der Waals surface area contributed by atoms with E-state index < -0.39 is 19.8 Å². The summed E-state index contributed by atoms with van der Waals surface area (Å²) in [7, 11) is 1.87. The third-order valence-electron chi connectivity index (χ3n) is 0.408. The van der Waals surface area contributed by atoms with Crippen LogP contribution in [0.3, 0.4) is 0 Å². The molecule has 0 unspecified atom stereocenters. The van der Waals surface area contributed by atoms with Crippen molar-refractivity contribution in [2.45, 2.75) is 28.7 Å². The summed E-state index contributed by atoms with van der Waals surface area (Å²) in [6, 6.07) is 0. The van der Waals surface area contributed by atoms with Crippen molar-refractivity contribution in [3.63, 3.8) is 0 Å². The van der Waals surface area contributed by atoms with Crippen molar-refractivity contribution in [2.24, 2.45) is 0 Å². The van der Waals surface area contributed by atoms with E-state index >= 15 is 0 Å². The zero-order chi connectivity index (χ0) is 7.86. The molecule has 0 atom stereocenters. The Morgan fingerprint density at radius 2 is 1.33 bits per heavy atom. The van der Waals surface area contributed by atoms with Gasteiger partial charge in [-0.15, -0.1) is 5.70 Å². The summed E-state index contributed by atoms with van der Waals surface area (Å²) in [4.78, 5) is 7.09. The standard InChI is InChI=1S/C4H9Si.3CH3.Sn/c1-4(2)3-5;;;;/h3H,5H2,1-2H3;3*1H3;. The first-order chi connectivity index (χ1) is 4.00. The van der Waals surface area contributed by atoms with Gasteiger partial charge in [-0.1, -0.05) is 5.57 Å². The van der Waals surface area contributed by atoms with E-state index in [9.17, 15) is 0 Å². The molecule has 2 radical (unpaired) electrons. The first-order valence-electron chi connectivity index (χ1n) is 3.20. The molecule has 0 N–H and O–H groups in total. The number of hydrogen-bond donors (Lipinski definition) is 0. The van der Waals surface area contributed by atoms with Gasteiger partial charge in [-0.3, -0.25) is 0 Å². The van der Waals surface area contributed by atoms with Gasteiger partial charge in [0.15, 0.2) is 0 Å². The molecule has 2 heteroatoms. The van der Waals surface area contributed by atoms with Crippen LogP contribution in [0.1, 0.15) is 13.8 Å². The quantitative estimate of drug-likeness (QED) is 0.575. The van der Waals surface area contributed by atoms with Crippen LogP contribution in [-0.4, -0.2) is 30.0 Å². The second kappa shape index (κ2) is 8.76. The Bertz CT molecular complexity index is 70.2. The van der Waals surface area contributed by atoms with Crippen molar-refractivity contribution >= 4 is 30.0 Å². The summed E-state index contributed by atoms with van der Waals surface area (Å²) in [5.41, 5.74) is 3.50. The third kappa shape index (κ3) is 52.6. The summed E-state index contributed by atoms with van der Waals surface area (Å²) in [6.07, 6.45) is 0. The van der Waals surface area contributed by atoms with Gasteiger partial charge in [0, 0.05) is 10.2 Å². The van der Waals surface area contributed by atoms with E-state index in [2.05, 4.69) is 34.4 Å². The Morgan fingerprint density at radius 1 is 1.22 bits per heavy atom. The Balaban J connectivity index is 0. The molecule has 0 aliphatic rings. The van der Waals surface area contributed by atoms with Gasteiger partial charge in [0.25, 0.3) is 0 Å². The summed E-state index contributed by atoms with van der Waals surface area (Å²) >= 11 is -0.543. The van der Waals surface area contributed by atoms with Gasteiger partial charge < -0.3 is 0 Å². The number of allylic oxidation sites excluding steroid dienone is 1. The molecule has 0 aromatic carbocycles. The third-order valence-corrected chi connectivity index (χ3v) is 1.22. The molecular formula is C7H18SiSn. The van der Waals surface area contributed by atoms with Crippen LogP contribution in [0.4, 0.5) is 0 Å². The van der Waals surface area contributed by atoms with Crippen molar-refractivity contribution in [2.75, 3.05) is 0 Å². The fraction of sp³-hybridized carbons (Fsp3) is 0.714. The molecule has 0 saturated heterocycles. The second-order valence-electron chi connectivity index (χ2n) is 2.78. The molecule has 0 aromatic rings. The molecule has 54 valence electrons. The van der Waals surface area contributed by atoms with Crippen LogP contribution in [0.25, 0.3) is 0 Å². The van der Waals surface area contributed by atoms with E-state index in [1.165, 1.54) is 5.57 Å². The van der Waals surface area contributed by atoms with Crippen molar-refractivity contribution in [1.82, 2.24) is 0 Å². The van der Waals surface area contributed by atoms with Crippen LogP contribution in [0.15, 0.2) is 11.3 Å². The van der Waals surface area contributed by atoms with Crippen molar-refractivity contribution in [3.05, 3.63) is 11.3 Å². The molecule has 0 spiro atoms. The zero-order valence-electron chi connectivity index (χ0n) is 7.28. The monoisotopic (exact) mass is 250 g/mol.